The van der Waals surface area contributed by atoms with Crippen LogP contribution in [0.25, 0.3) is 0 Å². The lowest BCUT2D eigenvalue weighted by molar-refractivity contribution is 0.277. The number of hydrogen-bond acceptors (Lipinski definition) is 3. The normalized spacial score (nSPS) is 9.96. The van der Waals surface area contributed by atoms with E-state index in [0.717, 1.165) is 16.9 Å². The average Bonchev–Trinajstić information content (AvgIpc) is 2.60. The van der Waals surface area contributed by atoms with E-state index in [1.807, 2.05) is 48.5 Å². The van der Waals surface area contributed by atoms with Crippen molar-refractivity contribution in [2.75, 3.05) is 13.7 Å². The zero-order valence-corrected chi connectivity index (χ0v) is 13.5. The molecule has 0 N–H and O–H groups in total. The first-order valence-electron chi connectivity index (χ1n) is 7.51. The molecule has 0 aliphatic heterocycles. The summed E-state index contributed by atoms with van der Waals surface area (Å²) in [5.74, 6) is 2.13. The van der Waals surface area contributed by atoms with Gasteiger partial charge in [-0.1, -0.05) is 49.1 Å². The van der Waals surface area contributed by atoms with Crippen LogP contribution in [-0.2, 0) is 13.0 Å². The number of ether oxygens (including phenoxy) is 3. The third kappa shape index (κ3) is 4.39. The van der Waals surface area contributed by atoms with Gasteiger partial charge in [-0.2, -0.15) is 0 Å². The summed E-state index contributed by atoms with van der Waals surface area (Å²) in [7, 11) is 1.63. The van der Waals surface area contributed by atoms with Crippen molar-refractivity contribution in [3.05, 3.63) is 78.9 Å². The second-order valence-corrected chi connectivity index (χ2v) is 4.94. The van der Waals surface area contributed by atoms with E-state index in [-0.39, 0.29) is 0 Å². The maximum absolute atomic E-state index is 6.04. The van der Waals surface area contributed by atoms with E-state index in [1.54, 1.807) is 13.2 Å². The molecule has 0 aromatic heterocycles. The van der Waals surface area contributed by atoms with E-state index in [2.05, 4.69) is 13.2 Å². The third-order valence-electron chi connectivity index (χ3n) is 3.33. The summed E-state index contributed by atoms with van der Waals surface area (Å²) in [6, 6.07) is 13.8. The Balaban J connectivity index is 2.32. The highest BCUT2D eigenvalue weighted by molar-refractivity contribution is 5.54. The van der Waals surface area contributed by atoms with E-state index in [4.69, 9.17) is 14.2 Å². The van der Waals surface area contributed by atoms with Gasteiger partial charge in [0.05, 0.1) is 7.11 Å². The fraction of sp³-hybridized carbons (Fsp3) is 0.200. The van der Waals surface area contributed by atoms with Crippen molar-refractivity contribution < 1.29 is 14.2 Å². The Morgan fingerprint density at radius 1 is 0.913 bits per heavy atom. The van der Waals surface area contributed by atoms with Crippen molar-refractivity contribution in [3.8, 4) is 17.2 Å². The smallest absolute Gasteiger partial charge is 0.168 e. The Hall–Kier alpha value is -2.68. The Morgan fingerprint density at radius 2 is 1.65 bits per heavy atom. The van der Waals surface area contributed by atoms with Crippen LogP contribution in [0.2, 0.25) is 0 Å². The molecule has 120 valence electrons. The van der Waals surface area contributed by atoms with Crippen LogP contribution in [0.15, 0.2) is 67.8 Å². The van der Waals surface area contributed by atoms with Crippen LogP contribution in [0.5, 0.6) is 17.2 Å². The lowest BCUT2D eigenvalue weighted by Crippen LogP contribution is -2.04. The highest BCUT2D eigenvalue weighted by Crippen LogP contribution is 2.38. The topological polar surface area (TPSA) is 27.7 Å². The lowest BCUT2D eigenvalue weighted by Gasteiger charge is -2.18. The van der Waals surface area contributed by atoms with Crippen molar-refractivity contribution in [3.63, 3.8) is 0 Å². The second-order valence-electron chi connectivity index (χ2n) is 4.94. The minimum Gasteiger partial charge on any atom is -0.493 e. The molecule has 0 heterocycles. The third-order valence-corrected chi connectivity index (χ3v) is 3.33. The summed E-state index contributed by atoms with van der Waals surface area (Å²) in [6.45, 7) is 8.41. The van der Waals surface area contributed by atoms with Gasteiger partial charge in [0.25, 0.3) is 0 Å². The first kappa shape index (κ1) is 16.7. The Kier molecular flexibility index (Phi) is 6.30. The minimum atomic E-state index is 0.439. The van der Waals surface area contributed by atoms with E-state index in [0.29, 0.717) is 31.1 Å². The first-order valence-corrected chi connectivity index (χ1v) is 7.51. The van der Waals surface area contributed by atoms with E-state index in [9.17, 15) is 0 Å². The molecule has 2 aromatic rings. The van der Waals surface area contributed by atoms with Crippen LogP contribution in [-0.4, -0.2) is 13.7 Å². The van der Waals surface area contributed by atoms with Crippen LogP contribution in [0.3, 0.4) is 0 Å². The van der Waals surface area contributed by atoms with Crippen molar-refractivity contribution in [1.82, 2.24) is 0 Å². The molecule has 3 nitrogen and oxygen atoms in total. The minimum absolute atomic E-state index is 0.439. The number of benzene rings is 2. The molecule has 3 heteroatoms. The highest BCUT2D eigenvalue weighted by Gasteiger charge is 2.16. The van der Waals surface area contributed by atoms with E-state index in [1.165, 1.54) is 0 Å². The number of methoxy groups -OCH3 is 1. The molecule has 0 bridgehead atoms. The second kappa shape index (κ2) is 8.69. The first-order chi connectivity index (χ1) is 11.3. The maximum Gasteiger partial charge on any atom is 0.168 e. The highest BCUT2D eigenvalue weighted by atomic mass is 16.5. The summed E-state index contributed by atoms with van der Waals surface area (Å²) in [5.41, 5.74) is 2.02. The van der Waals surface area contributed by atoms with E-state index >= 15 is 0 Å². The maximum atomic E-state index is 6.04. The van der Waals surface area contributed by atoms with Gasteiger partial charge in [-0.3, -0.25) is 0 Å². The van der Waals surface area contributed by atoms with Crippen molar-refractivity contribution >= 4 is 0 Å². The van der Waals surface area contributed by atoms with Crippen LogP contribution < -0.4 is 14.2 Å². The van der Waals surface area contributed by atoms with Gasteiger partial charge >= 0.3 is 0 Å². The molecule has 0 aliphatic carbocycles. The molecule has 0 unspecified atom stereocenters. The van der Waals surface area contributed by atoms with Gasteiger partial charge in [0, 0.05) is 5.56 Å². The Labute approximate surface area is 137 Å². The van der Waals surface area contributed by atoms with E-state index < -0.39 is 0 Å². The fourth-order valence-electron chi connectivity index (χ4n) is 2.26. The summed E-state index contributed by atoms with van der Waals surface area (Å²) >= 11 is 0. The molecule has 0 saturated carbocycles. The molecule has 0 atom stereocenters. The monoisotopic (exact) mass is 310 g/mol. The van der Waals surface area contributed by atoms with Gasteiger partial charge < -0.3 is 14.2 Å². The van der Waals surface area contributed by atoms with Crippen molar-refractivity contribution in [2.45, 2.75) is 13.0 Å². The van der Waals surface area contributed by atoms with Gasteiger partial charge in [0.2, 0.25) is 0 Å². The SMILES string of the molecule is C=CCOc1ccc(OC)c(OCc2ccccc2)c1CC=C. The van der Waals surface area contributed by atoms with Gasteiger partial charge in [0.15, 0.2) is 11.5 Å². The molecule has 23 heavy (non-hydrogen) atoms. The molecular weight excluding hydrogens is 288 g/mol. The Morgan fingerprint density at radius 3 is 2.30 bits per heavy atom. The van der Waals surface area contributed by atoms with Gasteiger partial charge in [-0.15, -0.1) is 6.58 Å². The van der Waals surface area contributed by atoms with Crippen LogP contribution >= 0.6 is 0 Å². The zero-order valence-electron chi connectivity index (χ0n) is 13.5. The lowest BCUT2D eigenvalue weighted by atomic mass is 10.1. The molecule has 0 spiro atoms. The molecule has 0 aliphatic rings. The quantitative estimate of drug-likeness (QED) is 0.635. The molecule has 0 fully saturated rings. The standard InChI is InChI=1S/C20H22O3/c1-4-9-17-18(22-14-5-2)12-13-19(21-3)20(17)23-15-16-10-7-6-8-11-16/h4-8,10-13H,1-2,9,14-15H2,3H3. The largest absolute Gasteiger partial charge is 0.493 e. The van der Waals surface area contributed by atoms with Crippen molar-refractivity contribution in [2.24, 2.45) is 0 Å². The molecule has 0 amide bonds. The summed E-state index contributed by atoms with van der Waals surface area (Å²) in [6.07, 6.45) is 4.17. The molecular formula is C20H22O3. The number of allylic oxidation sites excluding steroid dienone is 1. The molecule has 0 radical (unpaired) electrons. The zero-order chi connectivity index (χ0) is 16.5. The fourth-order valence-corrected chi connectivity index (χ4v) is 2.26. The van der Waals surface area contributed by atoms with Gasteiger partial charge in [-0.05, 0) is 24.1 Å². The number of hydrogen-bond donors (Lipinski definition) is 0. The molecule has 2 aromatic carbocycles. The summed E-state index contributed by atoms with van der Waals surface area (Å²) in [5, 5.41) is 0. The predicted molar refractivity (Wildman–Crippen MR) is 93.4 cm³/mol. The van der Waals surface area contributed by atoms with Gasteiger partial charge in [-0.25, -0.2) is 0 Å². The van der Waals surface area contributed by atoms with Crippen molar-refractivity contribution in [1.29, 1.82) is 0 Å². The van der Waals surface area contributed by atoms with Crippen LogP contribution in [0.4, 0.5) is 0 Å². The van der Waals surface area contributed by atoms with Crippen LogP contribution in [0.1, 0.15) is 11.1 Å². The average molecular weight is 310 g/mol. The molecule has 0 saturated heterocycles. The van der Waals surface area contributed by atoms with Crippen LogP contribution in [0, 0.1) is 0 Å². The number of rotatable bonds is 9. The summed E-state index contributed by atoms with van der Waals surface area (Å²) in [4.78, 5) is 0. The Bertz CT molecular complexity index is 647. The molecule has 2 rings (SSSR count). The van der Waals surface area contributed by atoms with Gasteiger partial charge in [0.1, 0.15) is 19.0 Å². The summed E-state index contributed by atoms with van der Waals surface area (Å²) < 4.78 is 17.2. The predicted octanol–water partition coefficient (Wildman–Crippen LogP) is 4.57.